The molecule has 2 N–H and O–H groups in total. The number of hydrogen-bond acceptors (Lipinski definition) is 4. The molecule has 0 fully saturated rings. The van der Waals surface area contributed by atoms with Gasteiger partial charge in [-0.2, -0.15) is 0 Å². The number of amides is 2. The van der Waals surface area contributed by atoms with E-state index in [-0.39, 0.29) is 24.8 Å². The SMILES string of the molecule is COc1ccc(NC(C)=O)cc1NC(=O)CCOc1ccccc1. The standard InChI is InChI=1S/C18H20N2O4/c1-13(21)19-14-8-9-17(23-2)16(12-14)20-18(22)10-11-24-15-6-4-3-5-7-15/h3-9,12H,10-11H2,1-2H3,(H,19,21)(H,20,22). The van der Waals surface area contributed by atoms with E-state index < -0.39 is 0 Å². The molecular weight excluding hydrogens is 308 g/mol. The number of nitrogens with one attached hydrogen (secondary N) is 2. The quantitative estimate of drug-likeness (QED) is 0.819. The molecule has 126 valence electrons. The lowest BCUT2D eigenvalue weighted by Crippen LogP contribution is -2.16. The van der Waals surface area contributed by atoms with Gasteiger partial charge in [-0.15, -0.1) is 0 Å². The molecule has 24 heavy (non-hydrogen) atoms. The van der Waals surface area contributed by atoms with Gasteiger partial charge in [-0.25, -0.2) is 0 Å². The van der Waals surface area contributed by atoms with E-state index in [2.05, 4.69) is 10.6 Å². The summed E-state index contributed by atoms with van der Waals surface area (Å²) in [6.07, 6.45) is 0.197. The molecule has 0 radical (unpaired) electrons. The van der Waals surface area contributed by atoms with Crippen molar-refractivity contribution in [1.82, 2.24) is 0 Å². The highest BCUT2D eigenvalue weighted by Gasteiger charge is 2.09. The molecule has 6 nitrogen and oxygen atoms in total. The molecule has 0 bridgehead atoms. The van der Waals surface area contributed by atoms with Crippen LogP contribution in [0.25, 0.3) is 0 Å². The highest BCUT2D eigenvalue weighted by molar-refractivity contribution is 5.94. The predicted molar refractivity (Wildman–Crippen MR) is 92.5 cm³/mol. The molecule has 0 unspecified atom stereocenters. The zero-order chi connectivity index (χ0) is 17.4. The predicted octanol–water partition coefficient (Wildman–Crippen LogP) is 3.06. The molecule has 0 spiro atoms. The summed E-state index contributed by atoms with van der Waals surface area (Å²) in [6.45, 7) is 1.69. The van der Waals surface area contributed by atoms with E-state index in [1.807, 2.05) is 30.3 Å². The minimum absolute atomic E-state index is 0.186. The smallest absolute Gasteiger partial charge is 0.227 e. The third-order valence-electron chi connectivity index (χ3n) is 3.13. The Morgan fingerprint density at radius 3 is 2.46 bits per heavy atom. The summed E-state index contributed by atoms with van der Waals surface area (Å²) in [6, 6.07) is 14.3. The summed E-state index contributed by atoms with van der Waals surface area (Å²) < 4.78 is 10.7. The summed E-state index contributed by atoms with van der Waals surface area (Å²) in [5, 5.41) is 5.43. The Balaban J connectivity index is 1.93. The zero-order valence-corrected chi connectivity index (χ0v) is 13.7. The molecule has 0 atom stereocenters. The van der Waals surface area contributed by atoms with Gasteiger partial charge in [0, 0.05) is 12.6 Å². The molecule has 0 heterocycles. The lowest BCUT2D eigenvalue weighted by Gasteiger charge is -2.12. The van der Waals surface area contributed by atoms with Gasteiger partial charge >= 0.3 is 0 Å². The van der Waals surface area contributed by atoms with Crippen LogP contribution in [0.4, 0.5) is 11.4 Å². The highest BCUT2D eigenvalue weighted by Crippen LogP contribution is 2.28. The van der Waals surface area contributed by atoms with Crippen molar-refractivity contribution >= 4 is 23.2 Å². The number of hydrogen-bond donors (Lipinski definition) is 2. The van der Waals surface area contributed by atoms with Crippen molar-refractivity contribution in [2.24, 2.45) is 0 Å². The van der Waals surface area contributed by atoms with E-state index in [9.17, 15) is 9.59 Å². The van der Waals surface area contributed by atoms with Crippen molar-refractivity contribution in [3.8, 4) is 11.5 Å². The van der Waals surface area contributed by atoms with Crippen molar-refractivity contribution in [2.45, 2.75) is 13.3 Å². The Hall–Kier alpha value is -3.02. The number of anilines is 2. The number of methoxy groups -OCH3 is 1. The third-order valence-corrected chi connectivity index (χ3v) is 3.13. The average molecular weight is 328 g/mol. The molecule has 0 saturated heterocycles. The normalized spacial score (nSPS) is 9.92. The summed E-state index contributed by atoms with van der Waals surface area (Å²) in [5.74, 6) is 0.842. The Labute approximate surface area is 140 Å². The van der Waals surface area contributed by atoms with Gasteiger partial charge in [0.15, 0.2) is 0 Å². The minimum atomic E-state index is -0.204. The second-order valence-electron chi connectivity index (χ2n) is 5.06. The summed E-state index contributed by atoms with van der Waals surface area (Å²) in [5.41, 5.74) is 1.08. The zero-order valence-electron chi connectivity index (χ0n) is 13.7. The maximum Gasteiger partial charge on any atom is 0.227 e. The monoisotopic (exact) mass is 328 g/mol. The Bertz CT molecular complexity index is 701. The number of benzene rings is 2. The Morgan fingerprint density at radius 1 is 1.04 bits per heavy atom. The maximum atomic E-state index is 12.1. The molecule has 2 rings (SSSR count). The Morgan fingerprint density at radius 2 is 1.79 bits per heavy atom. The fraction of sp³-hybridized carbons (Fsp3) is 0.222. The van der Waals surface area contributed by atoms with Crippen molar-refractivity contribution in [1.29, 1.82) is 0 Å². The van der Waals surface area contributed by atoms with Gasteiger partial charge < -0.3 is 20.1 Å². The molecule has 0 aliphatic carbocycles. The highest BCUT2D eigenvalue weighted by atomic mass is 16.5. The summed E-state index contributed by atoms with van der Waals surface area (Å²) in [4.78, 5) is 23.2. The van der Waals surface area contributed by atoms with Crippen LogP contribution in [0.2, 0.25) is 0 Å². The number of rotatable bonds is 7. The number of carbonyl (C=O) groups is 2. The largest absolute Gasteiger partial charge is 0.495 e. The van der Waals surface area contributed by atoms with Gasteiger partial charge in [-0.05, 0) is 30.3 Å². The fourth-order valence-electron chi connectivity index (χ4n) is 2.08. The molecule has 2 aromatic rings. The van der Waals surface area contributed by atoms with Crippen molar-refractivity contribution < 1.29 is 19.1 Å². The fourth-order valence-corrected chi connectivity index (χ4v) is 2.08. The Kier molecular flexibility index (Phi) is 6.19. The minimum Gasteiger partial charge on any atom is -0.495 e. The van der Waals surface area contributed by atoms with Crippen LogP contribution in [0.3, 0.4) is 0 Å². The topological polar surface area (TPSA) is 76.7 Å². The molecule has 0 aliphatic heterocycles. The number of carbonyl (C=O) groups excluding carboxylic acids is 2. The molecule has 2 amide bonds. The summed E-state index contributed by atoms with van der Waals surface area (Å²) in [7, 11) is 1.52. The molecule has 6 heteroatoms. The van der Waals surface area contributed by atoms with Crippen LogP contribution in [0.5, 0.6) is 11.5 Å². The number of ether oxygens (including phenoxy) is 2. The second kappa shape index (κ2) is 8.57. The molecule has 2 aromatic carbocycles. The van der Waals surface area contributed by atoms with Gasteiger partial charge in [-0.1, -0.05) is 18.2 Å². The third kappa shape index (κ3) is 5.31. The van der Waals surface area contributed by atoms with Gasteiger partial charge in [0.05, 0.1) is 25.8 Å². The van der Waals surface area contributed by atoms with Crippen molar-refractivity contribution in [3.05, 3.63) is 48.5 Å². The van der Waals surface area contributed by atoms with Crippen LogP contribution < -0.4 is 20.1 Å². The molecule has 0 aliphatic rings. The van der Waals surface area contributed by atoms with Crippen LogP contribution >= 0.6 is 0 Å². The lowest BCUT2D eigenvalue weighted by atomic mass is 10.2. The first-order valence-electron chi connectivity index (χ1n) is 7.52. The van der Waals surface area contributed by atoms with E-state index in [1.165, 1.54) is 14.0 Å². The van der Waals surface area contributed by atoms with Crippen LogP contribution in [-0.2, 0) is 9.59 Å². The van der Waals surface area contributed by atoms with E-state index in [0.29, 0.717) is 17.1 Å². The van der Waals surface area contributed by atoms with Crippen LogP contribution in [0.15, 0.2) is 48.5 Å². The molecule has 0 aromatic heterocycles. The average Bonchev–Trinajstić information content (AvgIpc) is 2.55. The van der Waals surface area contributed by atoms with E-state index in [0.717, 1.165) is 5.75 Å². The second-order valence-corrected chi connectivity index (χ2v) is 5.06. The van der Waals surface area contributed by atoms with Gasteiger partial charge in [-0.3, -0.25) is 9.59 Å². The van der Waals surface area contributed by atoms with E-state index >= 15 is 0 Å². The first-order chi connectivity index (χ1) is 11.6. The van der Waals surface area contributed by atoms with Crippen molar-refractivity contribution in [3.63, 3.8) is 0 Å². The maximum absolute atomic E-state index is 12.1. The number of para-hydroxylation sites is 1. The van der Waals surface area contributed by atoms with Crippen molar-refractivity contribution in [2.75, 3.05) is 24.4 Å². The van der Waals surface area contributed by atoms with Crippen LogP contribution in [0.1, 0.15) is 13.3 Å². The molecular formula is C18H20N2O4. The first-order valence-corrected chi connectivity index (χ1v) is 7.52. The lowest BCUT2D eigenvalue weighted by molar-refractivity contribution is -0.116. The molecule has 0 saturated carbocycles. The van der Waals surface area contributed by atoms with Crippen LogP contribution in [0, 0.1) is 0 Å². The van der Waals surface area contributed by atoms with Gasteiger partial charge in [0.1, 0.15) is 11.5 Å². The van der Waals surface area contributed by atoms with Gasteiger partial charge in [0.2, 0.25) is 11.8 Å². The summed E-state index contributed by atoms with van der Waals surface area (Å²) >= 11 is 0. The van der Waals surface area contributed by atoms with E-state index in [4.69, 9.17) is 9.47 Å². The van der Waals surface area contributed by atoms with E-state index in [1.54, 1.807) is 18.2 Å². The van der Waals surface area contributed by atoms with Crippen LogP contribution in [-0.4, -0.2) is 25.5 Å². The first kappa shape index (κ1) is 17.3. The van der Waals surface area contributed by atoms with Gasteiger partial charge in [0.25, 0.3) is 0 Å².